The molecule has 0 spiro atoms. The predicted octanol–water partition coefficient (Wildman–Crippen LogP) is 2.14. The molecule has 2 aliphatic carbocycles. The molecule has 2 saturated carbocycles. The van der Waals surface area contributed by atoms with E-state index in [1.54, 1.807) is 37.8 Å². The van der Waals surface area contributed by atoms with E-state index in [1.165, 1.54) is 0 Å². The summed E-state index contributed by atoms with van der Waals surface area (Å²) in [5.41, 5.74) is 2.58. The van der Waals surface area contributed by atoms with Gasteiger partial charge < -0.3 is 24.3 Å². The highest BCUT2D eigenvalue weighted by Crippen LogP contribution is 2.62. The Labute approximate surface area is 303 Å². The van der Waals surface area contributed by atoms with Crippen LogP contribution in [0.5, 0.6) is 0 Å². The number of carbonyl (C=O) groups is 2. The average Bonchev–Trinajstić information content (AvgIpc) is 3.88. The van der Waals surface area contributed by atoms with E-state index in [9.17, 15) is 19.8 Å². The van der Waals surface area contributed by atoms with Crippen molar-refractivity contribution in [2.45, 2.75) is 70.7 Å². The van der Waals surface area contributed by atoms with Crippen LogP contribution in [-0.4, -0.2) is 117 Å². The highest BCUT2D eigenvalue weighted by Gasteiger charge is 2.60. The Morgan fingerprint density at radius 1 is 1.25 bits per heavy atom. The van der Waals surface area contributed by atoms with Gasteiger partial charge in [-0.3, -0.25) is 20.3 Å². The number of aliphatic hydroxyl groups is 2. The van der Waals surface area contributed by atoms with Crippen molar-refractivity contribution in [1.29, 1.82) is 0 Å². The van der Waals surface area contributed by atoms with E-state index in [4.69, 9.17) is 16.1 Å². The maximum Gasteiger partial charge on any atom is 0.341 e. The monoisotopic (exact) mass is 714 g/mol. The number of cyclic esters (lactones) is 1. The summed E-state index contributed by atoms with van der Waals surface area (Å²) in [4.78, 5) is 46.9. The predicted molar refractivity (Wildman–Crippen MR) is 196 cm³/mol. The van der Waals surface area contributed by atoms with Gasteiger partial charge in [-0.1, -0.05) is 26.0 Å². The fourth-order valence-electron chi connectivity index (χ4n) is 9.31. The minimum absolute atomic E-state index is 0.00302. The summed E-state index contributed by atoms with van der Waals surface area (Å²) in [7, 11) is 1.88. The molecule has 5 heterocycles. The molecular weight excluding hydrogens is 664 g/mol. The number of esters is 1. The zero-order valence-electron chi connectivity index (χ0n) is 30.4. The number of aliphatic imine (C=N–C) groups is 2. The number of imidazole rings is 1. The first-order chi connectivity index (χ1) is 24.9. The van der Waals surface area contributed by atoms with Crippen molar-refractivity contribution in [3.63, 3.8) is 0 Å². The minimum atomic E-state index is -0.729. The van der Waals surface area contributed by atoms with E-state index in [0.717, 1.165) is 48.2 Å². The van der Waals surface area contributed by atoms with E-state index >= 15 is 0 Å². The van der Waals surface area contributed by atoms with Gasteiger partial charge in [0.2, 0.25) is 11.9 Å². The van der Waals surface area contributed by atoms with Crippen LogP contribution in [0.2, 0.25) is 0 Å². The van der Waals surface area contributed by atoms with Crippen LogP contribution in [0.1, 0.15) is 52.0 Å². The average molecular weight is 715 g/mol. The van der Waals surface area contributed by atoms with Crippen LogP contribution in [0, 0.1) is 22.7 Å². The van der Waals surface area contributed by atoms with Crippen molar-refractivity contribution in [1.82, 2.24) is 30.1 Å². The molecule has 14 heteroatoms. The summed E-state index contributed by atoms with van der Waals surface area (Å²) < 4.78 is 13.4. The number of hydrogen-bond acceptors (Lipinski definition) is 12. The Morgan fingerprint density at radius 2 is 2.04 bits per heavy atom. The molecule has 2 aromatic heterocycles. The lowest BCUT2D eigenvalue weighted by Crippen LogP contribution is -2.62. The molecule has 52 heavy (non-hydrogen) atoms. The normalized spacial score (nSPS) is 32.8. The van der Waals surface area contributed by atoms with Gasteiger partial charge in [-0.05, 0) is 73.6 Å². The number of carbonyl (C=O) groups excluding carboxylic acids is 2. The first-order valence-corrected chi connectivity index (χ1v) is 18.3. The molecule has 278 valence electrons. The van der Waals surface area contributed by atoms with Crippen molar-refractivity contribution >= 4 is 41.3 Å². The lowest BCUT2D eigenvalue weighted by molar-refractivity contribution is -0.163. The lowest BCUT2D eigenvalue weighted by atomic mass is 9.45. The smallest absolute Gasteiger partial charge is 0.341 e. The third-order valence-electron chi connectivity index (χ3n) is 12.4. The number of aryl methyl sites for hydroxylation is 1. The van der Waals surface area contributed by atoms with E-state index in [1.807, 2.05) is 24.6 Å². The highest BCUT2D eigenvalue weighted by molar-refractivity contribution is 6.04. The Kier molecular flexibility index (Phi) is 10.0. The number of rotatable bonds is 9. The number of nitrogens with zero attached hydrogens (tertiary/aromatic N) is 6. The zero-order valence-corrected chi connectivity index (χ0v) is 30.4. The van der Waals surface area contributed by atoms with Crippen LogP contribution in [0.25, 0.3) is 17.2 Å². The SMILES string of the molecule is C=C1C(N2CCOCC2)CC2[C@](C)(CC[C@@H](O)[C@@]2(C)CO)C1CC(NC(C)C(=O)NC1=NCC=N1)C1=C/C(=C\c2cnc3c(c2)ncn3C)OC1=O. The van der Waals surface area contributed by atoms with Gasteiger partial charge in [0.1, 0.15) is 11.3 Å². The van der Waals surface area contributed by atoms with Gasteiger partial charge in [0.25, 0.3) is 0 Å². The summed E-state index contributed by atoms with van der Waals surface area (Å²) in [6, 6.07) is 0.545. The van der Waals surface area contributed by atoms with Crippen LogP contribution >= 0.6 is 0 Å². The summed E-state index contributed by atoms with van der Waals surface area (Å²) in [6.07, 6.45) is 10.4. The Bertz CT molecular complexity index is 1860. The van der Waals surface area contributed by atoms with Gasteiger partial charge >= 0.3 is 5.97 Å². The van der Waals surface area contributed by atoms with E-state index in [2.05, 4.69) is 42.4 Å². The number of morpholine rings is 1. The Hall–Kier alpha value is -4.08. The summed E-state index contributed by atoms with van der Waals surface area (Å²) >= 11 is 0. The molecule has 3 aliphatic heterocycles. The van der Waals surface area contributed by atoms with Gasteiger partial charge in [-0.2, -0.15) is 0 Å². The maximum absolute atomic E-state index is 13.8. The molecular formula is C38H50N8O6. The van der Waals surface area contributed by atoms with Crippen molar-refractivity contribution in [3.8, 4) is 0 Å². The molecule has 0 aromatic carbocycles. The van der Waals surface area contributed by atoms with Gasteiger partial charge in [-0.15, -0.1) is 0 Å². The number of pyridine rings is 1. The molecule has 1 saturated heterocycles. The molecule has 14 nitrogen and oxygen atoms in total. The number of hydrogen-bond donors (Lipinski definition) is 4. The molecule has 2 aromatic rings. The summed E-state index contributed by atoms with van der Waals surface area (Å²) in [6.45, 7) is 13.8. The zero-order chi connectivity index (χ0) is 36.8. The second-order valence-corrected chi connectivity index (χ2v) is 15.4. The van der Waals surface area contributed by atoms with Crippen LogP contribution in [0.3, 0.4) is 0 Å². The molecule has 5 unspecified atom stereocenters. The number of aromatic nitrogens is 3. The third kappa shape index (κ3) is 6.66. The van der Waals surface area contributed by atoms with Gasteiger partial charge in [0, 0.05) is 50.0 Å². The molecule has 0 bridgehead atoms. The van der Waals surface area contributed by atoms with E-state index < -0.39 is 29.6 Å². The summed E-state index contributed by atoms with van der Waals surface area (Å²) in [5.74, 6) is -0.377. The fraction of sp³-hybridized carbons (Fsp3) is 0.579. The number of aliphatic hydroxyl groups excluding tert-OH is 2. The molecule has 5 aliphatic rings. The standard InChI is InChI=1S/C38H50N8O6/c1-22-27(37(3)7-6-32(48)38(4,20-47)31(37)18-30(22)46-10-12-51-13-11-46)17-28(43-23(2)34(49)44-36-39-8-9-40-36)26-16-25(52-35(26)50)14-24-15-29-33(41-19-24)45(5)21-42-29/h8,14-16,19,21,23,27-28,30-32,43,47-48H,1,6-7,9-13,17-18,20H2,2-5H3,(H,40,44,49)/b25-14+/t23?,27?,28?,30?,31?,32-,37-,38+/m1/s1. The second kappa shape index (κ2) is 14.4. The topological polar surface area (TPSA) is 176 Å². The lowest BCUT2D eigenvalue weighted by Gasteiger charge is -2.62. The molecule has 0 radical (unpaired) electrons. The molecule has 1 amide bonds. The van der Waals surface area contributed by atoms with E-state index in [-0.39, 0.29) is 41.8 Å². The number of guanidine groups is 1. The van der Waals surface area contributed by atoms with Gasteiger partial charge in [0.15, 0.2) is 5.65 Å². The van der Waals surface area contributed by atoms with Crippen molar-refractivity contribution in [3.05, 3.63) is 53.7 Å². The minimum Gasteiger partial charge on any atom is -0.423 e. The van der Waals surface area contributed by atoms with Crippen molar-refractivity contribution < 1.29 is 29.3 Å². The Morgan fingerprint density at radius 3 is 2.77 bits per heavy atom. The van der Waals surface area contributed by atoms with Crippen molar-refractivity contribution in [2.24, 2.45) is 39.7 Å². The molecule has 8 atom stereocenters. The first kappa shape index (κ1) is 36.3. The maximum atomic E-state index is 13.8. The molecule has 4 N–H and O–H groups in total. The molecule has 3 fully saturated rings. The number of nitrogens with one attached hydrogen (secondary N) is 2. The third-order valence-corrected chi connectivity index (χ3v) is 12.4. The quantitative estimate of drug-likeness (QED) is 0.223. The van der Waals surface area contributed by atoms with Crippen LogP contribution in [0.4, 0.5) is 0 Å². The largest absolute Gasteiger partial charge is 0.423 e. The number of allylic oxidation sites excluding steroid dienone is 1. The molecule has 7 rings (SSSR count). The van der Waals surface area contributed by atoms with Crippen LogP contribution < -0.4 is 10.6 Å². The highest BCUT2D eigenvalue weighted by atomic mass is 16.5. The van der Waals surface area contributed by atoms with Crippen molar-refractivity contribution in [2.75, 3.05) is 39.5 Å². The van der Waals surface area contributed by atoms with E-state index in [0.29, 0.717) is 43.9 Å². The van der Waals surface area contributed by atoms with Crippen LogP contribution in [0.15, 0.2) is 58.1 Å². The summed E-state index contributed by atoms with van der Waals surface area (Å²) in [5, 5.41) is 28.4. The van der Waals surface area contributed by atoms with Crippen LogP contribution in [-0.2, 0) is 26.1 Å². The first-order valence-electron chi connectivity index (χ1n) is 18.3. The fourth-order valence-corrected chi connectivity index (χ4v) is 9.31. The van der Waals surface area contributed by atoms with Gasteiger partial charge in [-0.25, -0.2) is 24.7 Å². The van der Waals surface area contributed by atoms with Gasteiger partial charge in [0.05, 0.1) is 50.4 Å². The number of amides is 1. The Balaban J connectivity index is 1.25. The second-order valence-electron chi connectivity index (χ2n) is 15.4. The number of fused-ring (bicyclic) bond motifs is 2. The number of ether oxygens (including phenoxy) is 2.